The third-order valence-electron chi connectivity index (χ3n) is 7.55. The third kappa shape index (κ3) is 5.25. The summed E-state index contributed by atoms with van der Waals surface area (Å²) >= 11 is 0. The molecule has 5 rings (SSSR count). The van der Waals surface area contributed by atoms with E-state index in [4.69, 9.17) is 4.98 Å². The third-order valence-corrected chi connectivity index (χ3v) is 7.55. The van der Waals surface area contributed by atoms with E-state index in [0.29, 0.717) is 11.5 Å². The highest BCUT2D eigenvalue weighted by Crippen LogP contribution is 2.37. The number of carbonyl (C=O) groups excluding carboxylic acids is 2. The molecule has 2 fully saturated rings. The first-order chi connectivity index (χ1) is 17.1. The summed E-state index contributed by atoms with van der Waals surface area (Å²) in [5, 5.41) is 5.88. The Morgan fingerprint density at radius 3 is 2.43 bits per heavy atom. The smallest absolute Gasteiger partial charge is 0.257 e. The average Bonchev–Trinajstić information content (AvgIpc) is 3.26. The Morgan fingerprint density at radius 2 is 1.71 bits per heavy atom. The number of carbonyl (C=O) groups is 2. The predicted octanol–water partition coefficient (Wildman–Crippen LogP) is 4.75. The van der Waals surface area contributed by atoms with E-state index >= 15 is 0 Å². The standard InChI is InChI=1S/C28H35N5O2/c1-29-26(34)22-11-13-23(14-12-22)33-25-18-20(19-32-16-6-3-7-17-32)10-15-24(25)30-28(33)31-27(35)21-8-4-2-5-9-21/h2,4-5,8-10,15,18,22-23H,3,6-7,11-14,16-17,19H2,1H3,(H,29,34)(H,30,31,35). The van der Waals surface area contributed by atoms with Crippen LogP contribution >= 0.6 is 0 Å². The number of benzene rings is 2. The quantitative estimate of drug-likeness (QED) is 0.541. The van der Waals surface area contributed by atoms with Gasteiger partial charge < -0.3 is 9.88 Å². The highest BCUT2D eigenvalue weighted by Gasteiger charge is 2.29. The Bertz CT molecular complexity index is 1170. The van der Waals surface area contributed by atoms with Crippen LogP contribution in [0.1, 0.15) is 66.9 Å². The number of rotatable bonds is 6. The fourth-order valence-corrected chi connectivity index (χ4v) is 5.63. The molecule has 2 N–H and O–H groups in total. The van der Waals surface area contributed by atoms with Gasteiger partial charge in [-0.05, 0) is 81.4 Å². The number of imidazole rings is 1. The van der Waals surface area contributed by atoms with Crippen molar-refractivity contribution in [1.29, 1.82) is 0 Å². The lowest BCUT2D eigenvalue weighted by Crippen LogP contribution is -2.31. The van der Waals surface area contributed by atoms with Crippen LogP contribution in [-0.4, -0.2) is 46.4 Å². The van der Waals surface area contributed by atoms with E-state index in [0.717, 1.165) is 56.4 Å². The average molecular weight is 474 g/mol. The van der Waals surface area contributed by atoms with Gasteiger partial charge in [0.2, 0.25) is 11.9 Å². The van der Waals surface area contributed by atoms with Crippen LogP contribution in [0.25, 0.3) is 11.0 Å². The maximum Gasteiger partial charge on any atom is 0.257 e. The van der Waals surface area contributed by atoms with Gasteiger partial charge in [0.05, 0.1) is 11.0 Å². The molecule has 0 bridgehead atoms. The summed E-state index contributed by atoms with van der Waals surface area (Å²) in [5.74, 6) is 0.616. The van der Waals surface area contributed by atoms with Gasteiger partial charge >= 0.3 is 0 Å². The van der Waals surface area contributed by atoms with Crippen molar-refractivity contribution in [1.82, 2.24) is 19.8 Å². The Hall–Kier alpha value is -3.19. The fourth-order valence-electron chi connectivity index (χ4n) is 5.63. The molecule has 1 aliphatic heterocycles. The van der Waals surface area contributed by atoms with E-state index in [1.807, 2.05) is 30.3 Å². The first kappa shape index (κ1) is 23.5. The molecule has 1 saturated heterocycles. The zero-order valence-corrected chi connectivity index (χ0v) is 20.5. The highest BCUT2D eigenvalue weighted by atomic mass is 16.2. The fraction of sp³-hybridized carbons (Fsp3) is 0.464. The van der Waals surface area contributed by atoms with Crippen molar-refractivity contribution >= 4 is 28.8 Å². The summed E-state index contributed by atoms with van der Waals surface area (Å²) in [4.78, 5) is 32.6. The lowest BCUT2D eigenvalue weighted by molar-refractivity contribution is -0.125. The van der Waals surface area contributed by atoms with Gasteiger partial charge in [-0.2, -0.15) is 0 Å². The lowest BCUT2D eigenvalue weighted by atomic mass is 9.85. The first-order valence-corrected chi connectivity index (χ1v) is 12.9. The van der Waals surface area contributed by atoms with Crippen molar-refractivity contribution in [3.05, 3.63) is 59.7 Å². The van der Waals surface area contributed by atoms with Crippen LogP contribution in [0.5, 0.6) is 0 Å². The largest absolute Gasteiger partial charge is 0.359 e. The molecule has 7 nitrogen and oxygen atoms in total. The van der Waals surface area contributed by atoms with Crippen LogP contribution in [-0.2, 0) is 11.3 Å². The van der Waals surface area contributed by atoms with E-state index in [2.05, 4.69) is 38.3 Å². The van der Waals surface area contributed by atoms with Gasteiger partial charge in [-0.1, -0.05) is 30.7 Å². The molecule has 0 atom stereocenters. The maximum atomic E-state index is 13.0. The molecular weight excluding hydrogens is 438 g/mol. The van der Waals surface area contributed by atoms with Crippen molar-refractivity contribution in [2.24, 2.45) is 5.92 Å². The van der Waals surface area contributed by atoms with Gasteiger partial charge in [-0.15, -0.1) is 0 Å². The van der Waals surface area contributed by atoms with Gasteiger partial charge in [0, 0.05) is 31.1 Å². The second kappa shape index (κ2) is 10.6. The zero-order valence-electron chi connectivity index (χ0n) is 20.5. The van der Waals surface area contributed by atoms with Crippen LogP contribution in [0, 0.1) is 5.92 Å². The molecule has 2 aromatic carbocycles. The van der Waals surface area contributed by atoms with Crippen LogP contribution in [0.15, 0.2) is 48.5 Å². The zero-order chi connectivity index (χ0) is 24.2. The van der Waals surface area contributed by atoms with Gasteiger partial charge in [0.1, 0.15) is 0 Å². The number of piperidine rings is 1. The molecule has 7 heteroatoms. The molecule has 1 saturated carbocycles. The van der Waals surface area contributed by atoms with Gasteiger partial charge in [-0.25, -0.2) is 4.98 Å². The summed E-state index contributed by atoms with van der Waals surface area (Å²) in [7, 11) is 1.71. The highest BCUT2D eigenvalue weighted by molar-refractivity contribution is 6.04. The summed E-state index contributed by atoms with van der Waals surface area (Å²) < 4.78 is 2.22. The maximum absolute atomic E-state index is 13.0. The monoisotopic (exact) mass is 473 g/mol. The number of aromatic nitrogens is 2. The normalized spacial score (nSPS) is 21.1. The van der Waals surface area contributed by atoms with E-state index < -0.39 is 0 Å². The van der Waals surface area contributed by atoms with E-state index in [1.165, 1.54) is 24.8 Å². The molecule has 1 aromatic heterocycles. The van der Waals surface area contributed by atoms with Crippen molar-refractivity contribution in [3.8, 4) is 0 Å². The summed E-state index contributed by atoms with van der Waals surface area (Å²) in [6.45, 7) is 3.24. The molecule has 35 heavy (non-hydrogen) atoms. The number of fused-ring (bicyclic) bond motifs is 1. The SMILES string of the molecule is CNC(=O)C1CCC(n2c(NC(=O)c3ccccc3)nc3ccc(CN4CCCCC4)cc32)CC1. The number of nitrogens with one attached hydrogen (secondary N) is 2. The van der Waals surface area contributed by atoms with Crippen molar-refractivity contribution in [3.63, 3.8) is 0 Å². The molecule has 2 amide bonds. The van der Waals surface area contributed by atoms with Crippen LogP contribution < -0.4 is 10.6 Å². The van der Waals surface area contributed by atoms with Crippen molar-refractivity contribution in [2.45, 2.75) is 57.5 Å². The van der Waals surface area contributed by atoms with Gasteiger partial charge in [0.15, 0.2) is 0 Å². The number of anilines is 1. The number of nitrogens with zero attached hydrogens (tertiary/aromatic N) is 3. The number of hydrogen-bond donors (Lipinski definition) is 2. The summed E-state index contributed by atoms with van der Waals surface area (Å²) in [6, 6.07) is 16.0. The Labute approximate surface area is 206 Å². The molecule has 0 unspecified atom stereocenters. The molecule has 3 aromatic rings. The topological polar surface area (TPSA) is 79.3 Å². The molecule has 184 valence electrons. The molecular formula is C28H35N5O2. The summed E-state index contributed by atoms with van der Waals surface area (Å²) in [6.07, 6.45) is 7.30. The van der Waals surface area contributed by atoms with Gasteiger partial charge in [-0.3, -0.25) is 19.8 Å². The number of hydrogen-bond acceptors (Lipinski definition) is 4. The van der Waals surface area contributed by atoms with Crippen LogP contribution in [0.4, 0.5) is 5.95 Å². The van der Waals surface area contributed by atoms with Crippen LogP contribution in [0.3, 0.4) is 0 Å². The first-order valence-electron chi connectivity index (χ1n) is 12.9. The number of likely N-dealkylation sites (tertiary alicyclic amines) is 1. The van der Waals surface area contributed by atoms with Crippen molar-refractivity contribution < 1.29 is 9.59 Å². The predicted molar refractivity (Wildman–Crippen MR) is 138 cm³/mol. The summed E-state index contributed by atoms with van der Waals surface area (Å²) in [5.41, 5.74) is 3.84. The molecule has 0 spiro atoms. The molecule has 1 aliphatic carbocycles. The molecule has 2 aliphatic rings. The Morgan fingerprint density at radius 1 is 0.971 bits per heavy atom. The molecule has 2 heterocycles. The van der Waals surface area contributed by atoms with E-state index in [-0.39, 0.29) is 23.8 Å². The van der Waals surface area contributed by atoms with E-state index in [1.54, 1.807) is 7.05 Å². The second-order valence-corrected chi connectivity index (χ2v) is 9.91. The second-order valence-electron chi connectivity index (χ2n) is 9.91. The molecule has 0 radical (unpaired) electrons. The Balaban J connectivity index is 1.46. The lowest BCUT2D eigenvalue weighted by Gasteiger charge is -2.30. The van der Waals surface area contributed by atoms with E-state index in [9.17, 15) is 9.59 Å². The van der Waals surface area contributed by atoms with Crippen LogP contribution in [0.2, 0.25) is 0 Å². The minimum absolute atomic E-state index is 0.0584. The Kier molecular flexibility index (Phi) is 7.13. The number of amides is 2. The van der Waals surface area contributed by atoms with Gasteiger partial charge in [0.25, 0.3) is 5.91 Å². The van der Waals surface area contributed by atoms with Crippen molar-refractivity contribution in [2.75, 3.05) is 25.5 Å². The minimum Gasteiger partial charge on any atom is -0.359 e. The minimum atomic E-state index is -0.158.